The molecule has 1 heterocycles. The molecule has 0 aromatic heterocycles. The molecule has 1 N–H and O–H groups in total. The second kappa shape index (κ2) is 6.72. The third kappa shape index (κ3) is 3.36. The minimum atomic E-state index is 0.683. The predicted molar refractivity (Wildman–Crippen MR) is 78.8 cm³/mol. The van der Waals surface area contributed by atoms with Gasteiger partial charge in [-0.2, -0.15) is 0 Å². The molecule has 2 rings (SSSR count). The molecule has 2 aliphatic rings. The summed E-state index contributed by atoms with van der Waals surface area (Å²) in [6.07, 6.45) is 9.28. The van der Waals surface area contributed by atoms with E-state index in [1.165, 1.54) is 38.6 Å². The van der Waals surface area contributed by atoms with Crippen LogP contribution in [-0.2, 0) is 0 Å². The average Bonchev–Trinajstić information content (AvgIpc) is 2.40. The summed E-state index contributed by atoms with van der Waals surface area (Å²) in [4.78, 5) is 2.65. The molecule has 2 fully saturated rings. The summed E-state index contributed by atoms with van der Waals surface area (Å²) < 4.78 is 0. The molecule has 2 heteroatoms. The van der Waals surface area contributed by atoms with Crippen LogP contribution in [0.5, 0.6) is 0 Å². The van der Waals surface area contributed by atoms with Crippen LogP contribution in [0, 0.1) is 11.8 Å². The summed E-state index contributed by atoms with van der Waals surface area (Å²) in [6.45, 7) is 12.0. The molecular formula is C16H30N2. The van der Waals surface area contributed by atoms with E-state index in [9.17, 15) is 0 Å². The zero-order valence-corrected chi connectivity index (χ0v) is 12.2. The van der Waals surface area contributed by atoms with E-state index in [1.807, 2.05) is 0 Å². The van der Waals surface area contributed by atoms with Crippen LogP contribution in [-0.4, -0.2) is 36.6 Å². The average molecular weight is 250 g/mol. The molecule has 2 atom stereocenters. The zero-order valence-electron chi connectivity index (χ0n) is 12.2. The normalized spacial score (nSPS) is 31.7. The van der Waals surface area contributed by atoms with Crippen molar-refractivity contribution in [1.82, 2.24) is 10.2 Å². The summed E-state index contributed by atoms with van der Waals surface area (Å²) in [5.41, 5.74) is 0. The van der Waals surface area contributed by atoms with Crippen LogP contribution in [0.15, 0.2) is 12.7 Å². The minimum absolute atomic E-state index is 0.683. The van der Waals surface area contributed by atoms with Gasteiger partial charge in [0.25, 0.3) is 0 Å². The summed E-state index contributed by atoms with van der Waals surface area (Å²) in [5.74, 6) is 1.64. The highest BCUT2D eigenvalue weighted by molar-refractivity contribution is 4.93. The Balaban J connectivity index is 1.93. The summed E-state index contributed by atoms with van der Waals surface area (Å²) in [6, 6.07) is 1.41. The number of rotatable bonds is 4. The predicted octanol–water partition coefficient (Wildman–Crippen LogP) is 3.05. The van der Waals surface area contributed by atoms with Gasteiger partial charge in [-0.05, 0) is 24.7 Å². The van der Waals surface area contributed by atoms with Crippen molar-refractivity contribution in [2.75, 3.05) is 19.6 Å². The van der Waals surface area contributed by atoms with E-state index in [0.29, 0.717) is 6.04 Å². The van der Waals surface area contributed by atoms with Gasteiger partial charge in [0.15, 0.2) is 0 Å². The van der Waals surface area contributed by atoms with Crippen LogP contribution in [0.1, 0.15) is 46.0 Å². The summed E-state index contributed by atoms with van der Waals surface area (Å²) >= 11 is 0. The van der Waals surface area contributed by atoms with Crippen molar-refractivity contribution >= 4 is 0 Å². The number of nitrogens with one attached hydrogen (secondary N) is 1. The Morgan fingerprint density at radius 2 is 2.00 bits per heavy atom. The fourth-order valence-electron chi connectivity index (χ4n) is 3.74. The number of hydrogen-bond donors (Lipinski definition) is 1. The van der Waals surface area contributed by atoms with Crippen LogP contribution >= 0.6 is 0 Å². The van der Waals surface area contributed by atoms with Crippen molar-refractivity contribution in [3.63, 3.8) is 0 Å². The van der Waals surface area contributed by atoms with Gasteiger partial charge in [0.2, 0.25) is 0 Å². The summed E-state index contributed by atoms with van der Waals surface area (Å²) in [5, 5.41) is 3.83. The first-order chi connectivity index (χ1) is 8.72. The Kier molecular flexibility index (Phi) is 5.25. The molecule has 0 aromatic rings. The SMILES string of the molecule is C=CCN1CC(C2CCCCC2)NCC1C(C)C. The lowest BCUT2D eigenvalue weighted by molar-refractivity contribution is 0.0825. The van der Waals surface area contributed by atoms with Crippen LogP contribution in [0.4, 0.5) is 0 Å². The van der Waals surface area contributed by atoms with Crippen LogP contribution in [0.25, 0.3) is 0 Å². The third-order valence-electron chi connectivity index (χ3n) is 4.84. The molecular weight excluding hydrogens is 220 g/mol. The molecule has 1 aliphatic carbocycles. The molecule has 2 unspecified atom stereocenters. The van der Waals surface area contributed by atoms with Crippen molar-refractivity contribution in [3.8, 4) is 0 Å². The monoisotopic (exact) mass is 250 g/mol. The van der Waals surface area contributed by atoms with Crippen molar-refractivity contribution < 1.29 is 0 Å². The lowest BCUT2D eigenvalue weighted by atomic mass is 9.82. The van der Waals surface area contributed by atoms with E-state index in [2.05, 4.69) is 36.7 Å². The maximum Gasteiger partial charge on any atom is 0.0247 e. The first kappa shape index (κ1) is 14.1. The van der Waals surface area contributed by atoms with Gasteiger partial charge in [-0.1, -0.05) is 39.2 Å². The van der Waals surface area contributed by atoms with Crippen LogP contribution < -0.4 is 5.32 Å². The first-order valence-electron chi connectivity index (χ1n) is 7.80. The highest BCUT2D eigenvalue weighted by Crippen LogP contribution is 2.29. The van der Waals surface area contributed by atoms with Gasteiger partial charge in [-0.3, -0.25) is 4.90 Å². The Hall–Kier alpha value is -0.340. The van der Waals surface area contributed by atoms with Gasteiger partial charge >= 0.3 is 0 Å². The maximum atomic E-state index is 3.92. The molecule has 0 spiro atoms. The van der Waals surface area contributed by atoms with Gasteiger partial charge in [0, 0.05) is 31.7 Å². The van der Waals surface area contributed by atoms with Gasteiger partial charge < -0.3 is 5.32 Å². The van der Waals surface area contributed by atoms with E-state index >= 15 is 0 Å². The second-order valence-electron chi connectivity index (χ2n) is 6.47. The Morgan fingerprint density at radius 3 is 2.61 bits per heavy atom. The summed E-state index contributed by atoms with van der Waals surface area (Å²) in [7, 11) is 0. The second-order valence-corrected chi connectivity index (χ2v) is 6.47. The molecule has 0 bridgehead atoms. The fraction of sp³-hybridized carbons (Fsp3) is 0.875. The topological polar surface area (TPSA) is 15.3 Å². The van der Waals surface area contributed by atoms with E-state index in [-0.39, 0.29) is 0 Å². The minimum Gasteiger partial charge on any atom is -0.311 e. The first-order valence-corrected chi connectivity index (χ1v) is 7.80. The van der Waals surface area contributed by atoms with E-state index < -0.39 is 0 Å². The molecule has 1 saturated heterocycles. The fourth-order valence-corrected chi connectivity index (χ4v) is 3.74. The number of hydrogen-bond acceptors (Lipinski definition) is 2. The highest BCUT2D eigenvalue weighted by Gasteiger charge is 2.33. The maximum absolute atomic E-state index is 3.92. The molecule has 0 aromatic carbocycles. The quantitative estimate of drug-likeness (QED) is 0.772. The van der Waals surface area contributed by atoms with Crippen molar-refractivity contribution in [3.05, 3.63) is 12.7 Å². The van der Waals surface area contributed by atoms with Crippen LogP contribution in [0.3, 0.4) is 0 Å². The zero-order chi connectivity index (χ0) is 13.0. The molecule has 104 valence electrons. The molecule has 0 radical (unpaired) electrons. The third-order valence-corrected chi connectivity index (χ3v) is 4.84. The number of nitrogens with zero attached hydrogens (tertiary/aromatic N) is 1. The van der Waals surface area contributed by atoms with Crippen LogP contribution in [0.2, 0.25) is 0 Å². The largest absolute Gasteiger partial charge is 0.311 e. The lowest BCUT2D eigenvalue weighted by Gasteiger charge is -2.45. The van der Waals surface area contributed by atoms with E-state index in [4.69, 9.17) is 0 Å². The van der Waals surface area contributed by atoms with Crippen molar-refractivity contribution in [1.29, 1.82) is 0 Å². The van der Waals surface area contributed by atoms with Gasteiger partial charge in [-0.15, -0.1) is 6.58 Å². The van der Waals surface area contributed by atoms with Gasteiger partial charge in [-0.25, -0.2) is 0 Å². The van der Waals surface area contributed by atoms with E-state index in [0.717, 1.165) is 31.0 Å². The van der Waals surface area contributed by atoms with Gasteiger partial charge in [0.1, 0.15) is 0 Å². The van der Waals surface area contributed by atoms with E-state index in [1.54, 1.807) is 0 Å². The Morgan fingerprint density at radius 1 is 1.28 bits per heavy atom. The van der Waals surface area contributed by atoms with Crippen molar-refractivity contribution in [2.24, 2.45) is 11.8 Å². The standard InChI is InChI=1S/C16H30N2/c1-4-10-18-12-15(14-8-6-5-7-9-14)17-11-16(18)13(2)3/h4,13-17H,1,5-12H2,2-3H3. The Labute approximate surface area is 113 Å². The highest BCUT2D eigenvalue weighted by atomic mass is 15.2. The molecule has 2 nitrogen and oxygen atoms in total. The molecule has 1 saturated carbocycles. The smallest absolute Gasteiger partial charge is 0.0247 e. The molecule has 18 heavy (non-hydrogen) atoms. The van der Waals surface area contributed by atoms with Crippen molar-refractivity contribution in [2.45, 2.75) is 58.0 Å². The molecule has 0 amide bonds. The molecule has 1 aliphatic heterocycles. The number of piperazine rings is 1. The Bertz CT molecular complexity index is 256. The lowest BCUT2D eigenvalue weighted by Crippen LogP contribution is -2.60. The van der Waals surface area contributed by atoms with Gasteiger partial charge in [0.05, 0.1) is 0 Å².